The zero-order valence-corrected chi connectivity index (χ0v) is 12.0. The molecule has 1 aliphatic heterocycles. The maximum absolute atomic E-state index is 13.4. The molecule has 0 amide bonds. The average Bonchev–Trinajstić information content (AvgIpc) is 2.42. The Morgan fingerprint density at radius 1 is 1.40 bits per heavy atom. The summed E-state index contributed by atoms with van der Waals surface area (Å²) in [6, 6.07) is 3.16. The van der Waals surface area contributed by atoms with Crippen LogP contribution >= 0.6 is 0 Å². The van der Waals surface area contributed by atoms with E-state index in [0.29, 0.717) is 5.56 Å². The van der Waals surface area contributed by atoms with Crippen molar-refractivity contribution in [2.24, 2.45) is 0 Å². The summed E-state index contributed by atoms with van der Waals surface area (Å²) in [6.07, 6.45) is 0.272. The third-order valence-electron chi connectivity index (χ3n) is 3.58. The zero-order valence-electron chi connectivity index (χ0n) is 11.1. The molecule has 1 unspecified atom stereocenters. The third kappa shape index (κ3) is 2.85. The molecular formula is C13H18FNO4S. The van der Waals surface area contributed by atoms with Gasteiger partial charge in [-0.15, -0.1) is 0 Å². The number of nitrogens with one attached hydrogen (secondary N) is 1. The summed E-state index contributed by atoms with van der Waals surface area (Å²) < 4.78 is 37.4. The lowest BCUT2D eigenvalue weighted by Gasteiger charge is -2.35. The number of aliphatic hydroxyl groups excluding tert-OH is 2. The van der Waals surface area contributed by atoms with Gasteiger partial charge in [0.05, 0.1) is 29.4 Å². The van der Waals surface area contributed by atoms with Gasteiger partial charge in [-0.2, -0.15) is 0 Å². The Labute approximate surface area is 117 Å². The molecule has 7 heteroatoms. The number of halogens is 1. The van der Waals surface area contributed by atoms with Crippen LogP contribution in [0.3, 0.4) is 0 Å². The second-order valence-electron chi connectivity index (χ2n) is 5.36. The molecule has 1 atom stereocenters. The van der Waals surface area contributed by atoms with Crippen molar-refractivity contribution in [1.82, 2.24) is 5.32 Å². The van der Waals surface area contributed by atoms with E-state index in [1.165, 1.54) is 12.1 Å². The molecule has 0 aliphatic carbocycles. The van der Waals surface area contributed by atoms with Gasteiger partial charge in [-0.1, -0.05) is 0 Å². The number of aliphatic hydroxyl groups is 2. The summed E-state index contributed by atoms with van der Waals surface area (Å²) in [5.74, 6) is -0.557. The molecule has 2 rings (SSSR count). The summed E-state index contributed by atoms with van der Waals surface area (Å²) in [4.78, 5) is 0.112. The fraction of sp³-hybridized carbons (Fsp3) is 0.538. The van der Waals surface area contributed by atoms with Crippen LogP contribution in [0.2, 0.25) is 0 Å². The maximum Gasteiger partial charge on any atom is 0.178 e. The summed E-state index contributed by atoms with van der Waals surface area (Å²) in [5.41, 5.74) is -0.598. The molecule has 112 valence electrons. The molecule has 0 spiro atoms. The van der Waals surface area contributed by atoms with Crippen molar-refractivity contribution < 1.29 is 23.0 Å². The molecule has 0 saturated heterocycles. The van der Waals surface area contributed by atoms with Gasteiger partial charge in [-0.3, -0.25) is 0 Å². The quantitative estimate of drug-likeness (QED) is 0.700. The van der Waals surface area contributed by atoms with E-state index in [1.54, 1.807) is 6.92 Å². The van der Waals surface area contributed by atoms with E-state index in [0.717, 1.165) is 6.07 Å². The summed E-state index contributed by atoms with van der Waals surface area (Å²) in [6.45, 7) is 1.00. The molecule has 0 fully saturated rings. The predicted octanol–water partition coefficient (Wildman–Crippen LogP) is 0.377. The maximum atomic E-state index is 13.4. The number of benzene rings is 1. The Morgan fingerprint density at radius 2 is 2.05 bits per heavy atom. The lowest BCUT2D eigenvalue weighted by atomic mass is 9.97. The van der Waals surface area contributed by atoms with Crippen molar-refractivity contribution in [3.8, 4) is 0 Å². The molecule has 0 bridgehead atoms. The highest BCUT2D eigenvalue weighted by Crippen LogP contribution is 2.33. The van der Waals surface area contributed by atoms with Crippen molar-refractivity contribution in [2.75, 3.05) is 19.0 Å². The smallest absolute Gasteiger partial charge is 0.178 e. The molecule has 0 saturated carbocycles. The molecule has 5 nitrogen and oxygen atoms in total. The number of rotatable bonds is 4. The minimum atomic E-state index is -3.39. The first-order valence-electron chi connectivity index (χ1n) is 6.33. The Kier molecular flexibility index (Phi) is 4.15. The molecule has 0 aromatic heterocycles. The lowest BCUT2D eigenvalue weighted by molar-refractivity contribution is 0.0926. The van der Waals surface area contributed by atoms with Crippen molar-refractivity contribution in [3.05, 3.63) is 29.6 Å². The van der Waals surface area contributed by atoms with Gasteiger partial charge >= 0.3 is 0 Å². The van der Waals surface area contributed by atoms with E-state index in [1.807, 2.05) is 0 Å². The van der Waals surface area contributed by atoms with Crippen LogP contribution in [0.15, 0.2) is 23.1 Å². The Balaban J connectivity index is 2.42. The summed E-state index contributed by atoms with van der Waals surface area (Å²) in [5, 5.41) is 21.6. The standard InChI is InChI=1S/C13H18FNO4S/c1-13(7-16,8-17)15-11-4-5-20(18,19)12-3-2-9(14)6-10(11)12/h2-3,6,11,15-17H,4-5,7-8H2,1H3. The lowest BCUT2D eigenvalue weighted by Crippen LogP contribution is -2.51. The fourth-order valence-electron chi connectivity index (χ4n) is 2.33. The highest BCUT2D eigenvalue weighted by molar-refractivity contribution is 7.91. The molecule has 1 heterocycles. The van der Waals surface area contributed by atoms with E-state index in [-0.39, 0.29) is 30.3 Å². The van der Waals surface area contributed by atoms with Gasteiger partial charge in [0.15, 0.2) is 9.84 Å². The van der Waals surface area contributed by atoms with Crippen LogP contribution in [0.25, 0.3) is 0 Å². The third-order valence-corrected chi connectivity index (χ3v) is 5.39. The van der Waals surface area contributed by atoms with Gasteiger partial charge in [0, 0.05) is 6.04 Å². The van der Waals surface area contributed by atoms with Gasteiger partial charge in [-0.05, 0) is 37.1 Å². The number of hydrogen-bond donors (Lipinski definition) is 3. The fourth-order valence-corrected chi connectivity index (χ4v) is 3.93. The topological polar surface area (TPSA) is 86.6 Å². The SMILES string of the molecule is CC(CO)(CO)NC1CCS(=O)(=O)c2ccc(F)cc21. The minimum absolute atomic E-state index is 0.0454. The van der Waals surface area contributed by atoms with Gasteiger partial charge in [0.2, 0.25) is 0 Å². The second kappa shape index (κ2) is 5.40. The highest BCUT2D eigenvalue weighted by Gasteiger charge is 2.34. The Bertz CT molecular complexity index is 598. The first-order chi connectivity index (χ1) is 9.31. The second-order valence-corrected chi connectivity index (χ2v) is 7.44. The van der Waals surface area contributed by atoms with Crippen LogP contribution in [-0.4, -0.2) is 43.1 Å². The van der Waals surface area contributed by atoms with Crippen molar-refractivity contribution in [2.45, 2.75) is 29.8 Å². The van der Waals surface area contributed by atoms with Gasteiger partial charge in [0.1, 0.15) is 5.82 Å². The van der Waals surface area contributed by atoms with Gasteiger partial charge < -0.3 is 15.5 Å². The largest absolute Gasteiger partial charge is 0.394 e. The van der Waals surface area contributed by atoms with Crippen molar-refractivity contribution >= 4 is 9.84 Å². The minimum Gasteiger partial charge on any atom is -0.394 e. The molecule has 1 aliphatic rings. The summed E-state index contributed by atoms with van der Waals surface area (Å²) >= 11 is 0. The van der Waals surface area contributed by atoms with E-state index >= 15 is 0 Å². The monoisotopic (exact) mass is 303 g/mol. The molecule has 1 aromatic carbocycles. The molecule has 1 aromatic rings. The Hall–Kier alpha value is -1.02. The van der Waals surface area contributed by atoms with Gasteiger partial charge in [-0.25, -0.2) is 12.8 Å². The van der Waals surface area contributed by atoms with Crippen molar-refractivity contribution in [1.29, 1.82) is 0 Å². The molecule has 3 N–H and O–H groups in total. The first-order valence-corrected chi connectivity index (χ1v) is 7.98. The average molecular weight is 303 g/mol. The molecular weight excluding hydrogens is 285 g/mol. The van der Waals surface area contributed by atoms with E-state index in [4.69, 9.17) is 0 Å². The van der Waals surface area contributed by atoms with E-state index in [2.05, 4.69) is 5.32 Å². The van der Waals surface area contributed by atoms with Crippen LogP contribution in [0.5, 0.6) is 0 Å². The number of hydrogen-bond acceptors (Lipinski definition) is 5. The highest BCUT2D eigenvalue weighted by atomic mass is 32.2. The number of fused-ring (bicyclic) bond motifs is 1. The normalized spacial score (nSPS) is 21.5. The predicted molar refractivity (Wildman–Crippen MR) is 71.5 cm³/mol. The Morgan fingerprint density at radius 3 is 2.65 bits per heavy atom. The zero-order chi connectivity index (χ0) is 15.0. The van der Waals surface area contributed by atoms with Crippen LogP contribution in [0, 0.1) is 5.82 Å². The first kappa shape index (κ1) is 15.4. The van der Waals surface area contributed by atoms with Crippen LogP contribution in [0.1, 0.15) is 24.9 Å². The summed E-state index contributed by atoms with van der Waals surface area (Å²) in [7, 11) is -3.39. The molecule has 20 heavy (non-hydrogen) atoms. The van der Waals surface area contributed by atoms with Crippen molar-refractivity contribution in [3.63, 3.8) is 0 Å². The van der Waals surface area contributed by atoms with Crippen LogP contribution in [-0.2, 0) is 9.84 Å². The van der Waals surface area contributed by atoms with Gasteiger partial charge in [0.25, 0.3) is 0 Å². The number of sulfone groups is 1. The van der Waals surface area contributed by atoms with E-state index < -0.39 is 27.2 Å². The van der Waals surface area contributed by atoms with Crippen LogP contribution in [0.4, 0.5) is 4.39 Å². The van der Waals surface area contributed by atoms with E-state index in [9.17, 15) is 23.0 Å². The molecule has 0 radical (unpaired) electrons. The van der Waals surface area contributed by atoms with Crippen LogP contribution < -0.4 is 5.32 Å².